The first-order valence-corrected chi connectivity index (χ1v) is 6.33. The van der Waals surface area contributed by atoms with Crippen LogP contribution in [0.2, 0.25) is 0 Å². The van der Waals surface area contributed by atoms with Gasteiger partial charge < -0.3 is 16.0 Å². The first kappa shape index (κ1) is 14.9. The largest absolute Gasteiger partial charge is 0.330 e. The molecule has 0 amide bonds. The third-order valence-corrected chi connectivity index (χ3v) is 3.03. The summed E-state index contributed by atoms with van der Waals surface area (Å²) in [4.78, 5) is 2.36. The minimum atomic E-state index is 0.656. The molecule has 92 valence electrons. The lowest BCUT2D eigenvalue weighted by molar-refractivity contribution is 0.340. The Bertz CT molecular complexity index is 124. The van der Waals surface area contributed by atoms with Gasteiger partial charge in [-0.05, 0) is 58.5 Å². The van der Waals surface area contributed by atoms with E-state index in [1.54, 1.807) is 0 Å². The summed E-state index contributed by atoms with van der Waals surface area (Å²) in [6.45, 7) is 9.79. The van der Waals surface area contributed by atoms with Crippen molar-refractivity contribution < 1.29 is 0 Å². The lowest BCUT2D eigenvalue weighted by Gasteiger charge is -2.15. The summed E-state index contributed by atoms with van der Waals surface area (Å²) in [5, 5.41) is 3.48. The number of nitrogens with one attached hydrogen (secondary N) is 1. The molecule has 0 rings (SSSR count). The first-order valence-electron chi connectivity index (χ1n) is 6.33. The quantitative estimate of drug-likeness (QED) is 0.540. The van der Waals surface area contributed by atoms with E-state index in [0.29, 0.717) is 5.92 Å². The molecule has 0 aromatic heterocycles. The fourth-order valence-corrected chi connectivity index (χ4v) is 1.49. The number of hydrogen-bond donors (Lipinski definition) is 2. The first-order chi connectivity index (χ1) is 7.24. The second-order valence-corrected chi connectivity index (χ2v) is 4.32. The van der Waals surface area contributed by atoms with Gasteiger partial charge in [0, 0.05) is 0 Å². The SMILES string of the molecule is CCC(CN)CNCCCCN(C)CC. The molecule has 0 aromatic rings. The maximum Gasteiger partial charge on any atom is -0.000856 e. The van der Waals surface area contributed by atoms with Crippen LogP contribution in [0.1, 0.15) is 33.1 Å². The summed E-state index contributed by atoms with van der Waals surface area (Å²) in [6, 6.07) is 0. The Balaban J connectivity index is 3.17. The maximum absolute atomic E-state index is 5.64. The molecule has 15 heavy (non-hydrogen) atoms. The van der Waals surface area contributed by atoms with Crippen LogP contribution in [0, 0.1) is 5.92 Å². The molecular weight excluding hydrogens is 186 g/mol. The number of nitrogens with two attached hydrogens (primary N) is 1. The monoisotopic (exact) mass is 215 g/mol. The number of hydrogen-bond acceptors (Lipinski definition) is 3. The summed E-state index contributed by atoms with van der Waals surface area (Å²) in [6.07, 6.45) is 3.74. The molecule has 0 aliphatic rings. The van der Waals surface area contributed by atoms with Gasteiger partial charge in [0.15, 0.2) is 0 Å². The Morgan fingerprint density at radius 1 is 1.27 bits per heavy atom. The zero-order valence-corrected chi connectivity index (χ0v) is 10.8. The topological polar surface area (TPSA) is 41.3 Å². The second kappa shape index (κ2) is 10.4. The molecule has 3 nitrogen and oxygen atoms in total. The molecule has 0 fully saturated rings. The van der Waals surface area contributed by atoms with Crippen molar-refractivity contribution in [2.45, 2.75) is 33.1 Å². The Kier molecular flexibility index (Phi) is 10.3. The van der Waals surface area contributed by atoms with E-state index in [2.05, 4.69) is 31.1 Å². The van der Waals surface area contributed by atoms with Gasteiger partial charge in [0.25, 0.3) is 0 Å². The van der Waals surface area contributed by atoms with Crippen LogP contribution in [0.15, 0.2) is 0 Å². The van der Waals surface area contributed by atoms with Crippen LogP contribution in [0.4, 0.5) is 0 Å². The lowest BCUT2D eigenvalue weighted by atomic mass is 10.1. The van der Waals surface area contributed by atoms with E-state index in [0.717, 1.165) is 26.2 Å². The van der Waals surface area contributed by atoms with Gasteiger partial charge >= 0.3 is 0 Å². The van der Waals surface area contributed by atoms with Crippen LogP contribution in [0.25, 0.3) is 0 Å². The van der Waals surface area contributed by atoms with E-state index in [1.807, 2.05) is 0 Å². The number of nitrogens with zero attached hydrogens (tertiary/aromatic N) is 1. The third-order valence-electron chi connectivity index (χ3n) is 3.03. The lowest BCUT2D eigenvalue weighted by Crippen LogP contribution is -2.29. The molecule has 0 radical (unpaired) electrons. The average Bonchev–Trinajstić information content (AvgIpc) is 2.28. The molecule has 3 heteroatoms. The van der Waals surface area contributed by atoms with Gasteiger partial charge in [0.05, 0.1) is 0 Å². The summed E-state index contributed by atoms with van der Waals surface area (Å²) in [5.74, 6) is 0.656. The third kappa shape index (κ3) is 8.85. The highest BCUT2D eigenvalue weighted by atomic mass is 15.1. The Hall–Kier alpha value is -0.120. The van der Waals surface area contributed by atoms with Crippen molar-refractivity contribution in [2.24, 2.45) is 11.7 Å². The Morgan fingerprint density at radius 2 is 2.00 bits per heavy atom. The van der Waals surface area contributed by atoms with Crippen molar-refractivity contribution in [3.63, 3.8) is 0 Å². The van der Waals surface area contributed by atoms with Gasteiger partial charge in [-0.2, -0.15) is 0 Å². The van der Waals surface area contributed by atoms with Crippen molar-refractivity contribution in [1.82, 2.24) is 10.2 Å². The standard InChI is InChI=1S/C12H29N3/c1-4-12(10-13)11-14-8-6-7-9-15(3)5-2/h12,14H,4-11,13H2,1-3H3. The van der Waals surface area contributed by atoms with E-state index < -0.39 is 0 Å². The average molecular weight is 215 g/mol. The molecular formula is C12H29N3. The van der Waals surface area contributed by atoms with Gasteiger partial charge in [-0.1, -0.05) is 20.3 Å². The van der Waals surface area contributed by atoms with Crippen LogP contribution < -0.4 is 11.1 Å². The van der Waals surface area contributed by atoms with Gasteiger partial charge in [-0.25, -0.2) is 0 Å². The van der Waals surface area contributed by atoms with Crippen LogP contribution in [0.5, 0.6) is 0 Å². The number of unbranched alkanes of at least 4 members (excludes halogenated alkanes) is 1. The minimum absolute atomic E-state index is 0.656. The Morgan fingerprint density at radius 3 is 2.53 bits per heavy atom. The smallest absolute Gasteiger partial charge is 0.000856 e. The minimum Gasteiger partial charge on any atom is -0.330 e. The summed E-state index contributed by atoms with van der Waals surface area (Å²) in [7, 11) is 2.18. The summed E-state index contributed by atoms with van der Waals surface area (Å²) < 4.78 is 0. The molecule has 0 saturated carbocycles. The van der Waals surface area contributed by atoms with Gasteiger partial charge in [0.1, 0.15) is 0 Å². The fourth-order valence-electron chi connectivity index (χ4n) is 1.49. The van der Waals surface area contributed by atoms with Crippen molar-refractivity contribution >= 4 is 0 Å². The predicted octanol–water partition coefficient (Wildman–Crippen LogP) is 1.29. The zero-order valence-electron chi connectivity index (χ0n) is 10.8. The van der Waals surface area contributed by atoms with Crippen LogP contribution >= 0.6 is 0 Å². The van der Waals surface area contributed by atoms with Crippen molar-refractivity contribution in [3.8, 4) is 0 Å². The fraction of sp³-hybridized carbons (Fsp3) is 1.00. The van der Waals surface area contributed by atoms with E-state index in [-0.39, 0.29) is 0 Å². The van der Waals surface area contributed by atoms with E-state index in [9.17, 15) is 0 Å². The highest BCUT2D eigenvalue weighted by Crippen LogP contribution is 1.97. The van der Waals surface area contributed by atoms with Gasteiger partial charge in [0.2, 0.25) is 0 Å². The molecule has 3 N–H and O–H groups in total. The number of rotatable bonds is 10. The predicted molar refractivity (Wildman–Crippen MR) is 68.1 cm³/mol. The second-order valence-electron chi connectivity index (χ2n) is 4.32. The van der Waals surface area contributed by atoms with Crippen LogP contribution in [-0.2, 0) is 0 Å². The molecule has 0 bridgehead atoms. The van der Waals surface area contributed by atoms with Crippen LogP contribution in [-0.4, -0.2) is 44.7 Å². The maximum atomic E-state index is 5.64. The molecule has 1 atom stereocenters. The molecule has 1 unspecified atom stereocenters. The summed E-state index contributed by atoms with van der Waals surface area (Å²) in [5.41, 5.74) is 5.64. The van der Waals surface area contributed by atoms with Gasteiger partial charge in [-0.3, -0.25) is 0 Å². The highest BCUT2D eigenvalue weighted by molar-refractivity contribution is 4.61. The molecule has 0 aliphatic carbocycles. The molecule has 0 spiro atoms. The molecule has 0 aliphatic heterocycles. The van der Waals surface area contributed by atoms with E-state index in [1.165, 1.54) is 25.8 Å². The van der Waals surface area contributed by atoms with Gasteiger partial charge in [-0.15, -0.1) is 0 Å². The molecule has 0 saturated heterocycles. The molecule has 0 heterocycles. The van der Waals surface area contributed by atoms with E-state index >= 15 is 0 Å². The normalized spacial score (nSPS) is 13.4. The van der Waals surface area contributed by atoms with Crippen molar-refractivity contribution in [1.29, 1.82) is 0 Å². The summed E-state index contributed by atoms with van der Waals surface area (Å²) >= 11 is 0. The molecule has 0 aromatic carbocycles. The van der Waals surface area contributed by atoms with Crippen molar-refractivity contribution in [3.05, 3.63) is 0 Å². The zero-order chi connectivity index (χ0) is 11.5. The van der Waals surface area contributed by atoms with Crippen molar-refractivity contribution in [2.75, 3.05) is 39.8 Å². The van der Waals surface area contributed by atoms with E-state index in [4.69, 9.17) is 5.73 Å². The van der Waals surface area contributed by atoms with Crippen LogP contribution in [0.3, 0.4) is 0 Å². The Labute approximate surface area is 95.4 Å². The highest BCUT2D eigenvalue weighted by Gasteiger charge is 2.01.